The lowest BCUT2D eigenvalue weighted by Gasteiger charge is -2.22. The van der Waals surface area contributed by atoms with Gasteiger partial charge in [0.05, 0.1) is 0 Å². The Morgan fingerprint density at radius 2 is 1.86 bits per heavy atom. The Morgan fingerprint density at radius 1 is 1.19 bits per heavy atom. The predicted octanol–water partition coefficient (Wildman–Crippen LogP) is 5.00. The van der Waals surface area contributed by atoms with Gasteiger partial charge in [-0.05, 0) is 42.7 Å². The standard InChI is InChI=1S/C19H29NO/c1-14-10-16(18(21)17(11-14)19(2,3)4)13-20-12-15-8-6-5-7-9-15/h10-11,13,15,21H,5-9,12H2,1-4H3. The van der Waals surface area contributed by atoms with Crippen molar-refractivity contribution in [2.75, 3.05) is 6.54 Å². The maximum absolute atomic E-state index is 10.5. The number of hydrogen-bond acceptors (Lipinski definition) is 2. The molecular formula is C19H29NO. The molecule has 0 amide bonds. The maximum atomic E-state index is 10.5. The van der Waals surface area contributed by atoms with Gasteiger partial charge in [0.1, 0.15) is 5.75 Å². The summed E-state index contributed by atoms with van der Waals surface area (Å²) in [5, 5.41) is 10.5. The first-order valence-electron chi connectivity index (χ1n) is 8.22. The fourth-order valence-corrected chi connectivity index (χ4v) is 3.15. The van der Waals surface area contributed by atoms with Crippen LogP contribution in [0.25, 0.3) is 0 Å². The fraction of sp³-hybridized carbons (Fsp3) is 0.632. The molecule has 1 fully saturated rings. The first kappa shape index (κ1) is 16.1. The van der Waals surface area contributed by atoms with Crippen molar-refractivity contribution >= 4 is 6.21 Å². The molecule has 1 aromatic carbocycles. The molecule has 0 saturated heterocycles. The largest absolute Gasteiger partial charge is 0.507 e. The van der Waals surface area contributed by atoms with Crippen molar-refractivity contribution in [1.29, 1.82) is 0 Å². The molecule has 1 saturated carbocycles. The molecule has 0 spiro atoms. The number of hydrogen-bond donors (Lipinski definition) is 1. The quantitative estimate of drug-likeness (QED) is 0.780. The van der Waals surface area contributed by atoms with Crippen molar-refractivity contribution < 1.29 is 5.11 Å². The van der Waals surface area contributed by atoms with E-state index in [-0.39, 0.29) is 5.41 Å². The van der Waals surface area contributed by atoms with E-state index in [1.165, 1.54) is 37.7 Å². The van der Waals surface area contributed by atoms with Crippen LogP contribution in [0.3, 0.4) is 0 Å². The lowest BCUT2D eigenvalue weighted by Crippen LogP contribution is -2.13. The van der Waals surface area contributed by atoms with E-state index in [2.05, 4.69) is 38.8 Å². The van der Waals surface area contributed by atoms with Crippen molar-refractivity contribution in [3.8, 4) is 5.75 Å². The van der Waals surface area contributed by atoms with Crippen molar-refractivity contribution in [2.45, 2.75) is 65.2 Å². The van der Waals surface area contributed by atoms with Crippen LogP contribution in [-0.2, 0) is 5.41 Å². The van der Waals surface area contributed by atoms with Gasteiger partial charge >= 0.3 is 0 Å². The molecule has 1 N–H and O–H groups in total. The van der Waals surface area contributed by atoms with Gasteiger partial charge in [-0.25, -0.2) is 0 Å². The zero-order chi connectivity index (χ0) is 15.5. The van der Waals surface area contributed by atoms with Gasteiger partial charge < -0.3 is 5.11 Å². The number of phenolic OH excluding ortho intramolecular Hbond substituents is 1. The van der Waals surface area contributed by atoms with Crippen LogP contribution < -0.4 is 0 Å². The second-order valence-electron chi connectivity index (χ2n) is 7.50. The molecule has 0 heterocycles. The maximum Gasteiger partial charge on any atom is 0.128 e. The SMILES string of the molecule is Cc1cc(C=NCC2CCCCC2)c(O)c(C(C)(C)C)c1. The second kappa shape index (κ2) is 6.64. The summed E-state index contributed by atoms with van der Waals surface area (Å²) in [6.45, 7) is 9.37. The molecule has 0 bridgehead atoms. The van der Waals surface area contributed by atoms with Gasteiger partial charge in [-0.2, -0.15) is 0 Å². The highest BCUT2D eigenvalue weighted by atomic mass is 16.3. The Balaban J connectivity index is 2.14. The van der Waals surface area contributed by atoms with Gasteiger partial charge in [-0.1, -0.05) is 46.1 Å². The Hall–Kier alpha value is -1.31. The highest BCUT2D eigenvalue weighted by Gasteiger charge is 2.20. The number of benzene rings is 1. The van der Waals surface area contributed by atoms with Gasteiger partial charge in [-0.3, -0.25) is 4.99 Å². The Bertz CT molecular complexity index is 505. The number of nitrogens with zero attached hydrogens (tertiary/aromatic N) is 1. The minimum absolute atomic E-state index is 0.0535. The molecule has 21 heavy (non-hydrogen) atoms. The Morgan fingerprint density at radius 3 is 2.48 bits per heavy atom. The van der Waals surface area contributed by atoms with E-state index >= 15 is 0 Å². The number of aromatic hydroxyl groups is 1. The minimum Gasteiger partial charge on any atom is -0.507 e. The zero-order valence-electron chi connectivity index (χ0n) is 13.9. The van der Waals surface area contributed by atoms with Crippen molar-refractivity contribution in [3.05, 3.63) is 28.8 Å². The molecule has 2 heteroatoms. The second-order valence-corrected chi connectivity index (χ2v) is 7.50. The molecule has 0 radical (unpaired) electrons. The van der Waals surface area contributed by atoms with E-state index in [0.29, 0.717) is 5.75 Å². The average molecular weight is 287 g/mol. The van der Waals surface area contributed by atoms with Crippen LogP contribution in [0.4, 0.5) is 0 Å². The molecule has 0 unspecified atom stereocenters. The molecule has 2 nitrogen and oxygen atoms in total. The van der Waals surface area contributed by atoms with E-state index in [9.17, 15) is 5.11 Å². The molecule has 0 atom stereocenters. The Kier molecular flexibility index (Phi) is 5.08. The first-order valence-corrected chi connectivity index (χ1v) is 8.22. The molecule has 2 rings (SSSR count). The van der Waals surface area contributed by atoms with Crippen LogP contribution >= 0.6 is 0 Å². The molecule has 1 aliphatic rings. The monoisotopic (exact) mass is 287 g/mol. The fourth-order valence-electron chi connectivity index (χ4n) is 3.15. The lowest BCUT2D eigenvalue weighted by molar-refractivity contribution is 0.367. The normalized spacial score (nSPS) is 17.5. The third-order valence-corrected chi connectivity index (χ3v) is 4.41. The van der Waals surface area contributed by atoms with Crippen molar-refractivity contribution in [1.82, 2.24) is 0 Å². The van der Waals surface area contributed by atoms with Gasteiger partial charge in [0.2, 0.25) is 0 Å². The van der Waals surface area contributed by atoms with Crippen LogP contribution in [0.1, 0.15) is 69.6 Å². The molecule has 1 aromatic rings. The lowest BCUT2D eigenvalue weighted by atomic mass is 9.84. The number of aryl methyl sites for hydroxylation is 1. The van der Waals surface area contributed by atoms with E-state index in [1.54, 1.807) is 0 Å². The topological polar surface area (TPSA) is 32.6 Å². The third-order valence-electron chi connectivity index (χ3n) is 4.41. The van der Waals surface area contributed by atoms with E-state index in [0.717, 1.165) is 23.6 Å². The van der Waals surface area contributed by atoms with Crippen LogP contribution in [0.15, 0.2) is 17.1 Å². The highest BCUT2D eigenvalue weighted by Crippen LogP contribution is 2.33. The molecular weight excluding hydrogens is 258 g/mol. The van der Waals surface area contributed by atoms with Crippen LogP contribution in [0.2, 0.25) is 0 Å². The highest BCUT2D eigenvalue weighted by molar-refractivity contribution is 5.84. The summed E-state index contributed by atoms with van der Waals surface area (Å²) >= 11 is 0. The number of aliphatic imine (C=N–C) groups is 1. The first-order chi connectivity index (χ1) is 9.88. The van der Waals surface area contributed by atoms with Crippen molar-refractivity contribution in [2.24, 2.45) is 10.9 Å². The van der Waals surface area contributed by atoms with Crippen LogP contribution in [0, 0.1) is 12.8 Å². The molecule has 0 aliphatic heterocycles. The summed E-state index contributed by atoms with van der Waals surface area (Å²) in [5.74, 6) is 1.13. The minimum atomic E-state index is -0.0535. The van der Waals surface area contributed by atoms with Gasteiger partial charge in [0, 0.05) is 23.9 Å². The van der Waals surface area contributed by atoms with Gasteiger partial charge in [0.25, 0.3) is 0 Å². The molecule has 0 aromatic heterocycles. The van der Waals surface area contributed by atoms with Gasteiger partial charge in [-0.15, -0.1) is 0 Å². The summed E-state index contributed by atoms with van der Waals surface area (Å²) in [5.41, 5.74) is 2.98. The summed E-state index contributed by atoms with van der Waals surface area (Å²) in [6, 6.07) is 4.10. The van der Waals surface area contributed by atoms with Crippen LogP contribution in [-0.4, -0.2) is 17.9 Å². The van der Waals surface area contributed by atoms with Gasteiger partial charge in [0.15, 0.2) is 0 Å². The summed E-state index contributed by atoms with van der Waals surface area (Å²) in [4.78, 5) is 4.61. The summed E-state index contributed by atoms with van der Waals surface area (Å²) in [6.07, 6.45) is 8.57. The third kappa shape index (κ3) is 4.33. The van der Waals surface area contributed by atoms with E-state index in [4.69, 9.17) is 0 Å². The van der Waals surface area contributed by atoms with Crippen molar-refractivity contribution in [3.63, 3.8) is 0 Å². The Labute approximate surface area is 129 Å². The number of rotatable bonds is 3. The predicted molar refractivity (Wildman–Crippen MR) is 90.6 cm³/mol. The zero-order valence-corrected chi connectivity index (χ0v) is 13.9. The molecule has 116 valence electrons. The van der Waals surface area contributed by atoms with E-state index in [1.807, 2.05) is 12.3 Å². The van der Waals surface area contributed by atoms with E-state index < -0.39 is 0 Å². The summed E-state index contributed by atoms with van der Waals surface area (Å²) in [7, 11) is 0. The summed E-state index contributed by atoms with van der Waals surface area (Å²) < 4.78 is 0. The van der Waals surface area contributed by atoms with Crippen LogP contribution in [0.5, 0.6) is 5.75 Å². The average Bonchev–Trinajstić information content (AvgIpc) is 2.42. The molecule has 1 aliphatic carbocycles. The number of phenols is 1. The smallest absolute Gasteiger partial charge is 0.128 e.